The van der Waals surface area contributed by atoms with E-state index < -0.39 is 0 Å². The summed E-state index contributed by atoms with van der Waals surface area (Å²) in [7, 11) is 0. The lowest BCUT2D eigenvalue weighted by atomic mass is 10.0. The minimum atomic E-state index is 1.02. The van der Waals surface area contributed by atoms with E-state index in [1.165, 1.54) is 23.6 Å². The van der Waals surface area contributed by atoms with Crippen LogP contribution in [0.15, 0.2) is 24.3 Å². The van der Waals surface area contributed by atoms with Crippen LogP contribution in [0.3, 0.4) is 0 Å². The van der Waals surface area contributed by atoms with Gasteiger partial charge >= 0.3 is 0 Å². The summed E-state index contributed by atoms with van der Waals surface area (Å²) in [6, 6.07) is 9.92. The number of hydrogen-bond donors (Lipinski definition) is 0. The Morgan fingerprint density at radius 3 is 2.50 bits per heavy atom. The van der Waals surface area contributed by atoms with E-state index >= 15 is 0 Å². The fourth-order valence-electron chi connectivity index (χ4n) is 1.52. The maximum atomic E-state index is 4.45. The molecule has 1 aliphatic rings. The van der Waals surface area contributed by atoms with Gasteiger partial charge in [-0.3, -0.25) is 0 Å². The van der Waals surface area contributed by atoms with E-state index in [-0.39, 0.29) is 0 Å². The quantitative estimate of drug-likeness (QED) is 0.597. The molecule has 12 heavy (non-hydrogen) atoms. The van der Waals surface area contributed by atoms with Crippen LogP contribution in [0.1, 0.15) is 24.0 Å². The fourth-order valence-corrected chi connectivity index (χ4v) is 1.52. The van der Waals surface area contributed by atoms with Crippen molar-refractivity contribution in [3.63, 3.8) is 0 Å². The van der Waals surface area contributed by atoms with Crippen molar-refractivity contribution in [2.24, 2.45) is 0 Å². The second kappa shape index (κ2) is 3.28. The van der Waals surface area contributed by atoms with E-state index in [2.05, 4.69) is 36.5 Å². The third-order valence-electron chi connectivity index (χ3n) is 2.26. The summed E-state index contributed by atoms with van der Waals surface area (Å²) in [6.07, 6.45) is 2.38. The molecule has 0 aliphatic carbocycles. The molecule has 62 valence electrons. The molecule has 0 aromatic heterocycles. The van der Waals surface area contributed by atoms with Crippen molar-refractivity contribution in [2.45, 2.75) is 19.8 Å². The Balaban J connectivity index is 2.17. The van der Waals surface area contributed by atoms with Crippen LogP contribution in [0.2, 0.25) is 0 Å². The molecule has 0 saturated carbocycles. The van der Waals surface area contributed by atoms with Crippen LogP contribution in [-0.4, -0.2) is 6.54 Å². The highest BCUT2D eigenvalue weighted by atomic mass is 14.9. The van der Waals surface area contributed by atoms with Gasteiger partial charge in [0, 0.05) is 6.54 Å². The van der Waals surface area contributed by atoms with Crippen LogP contribution in [-0.2, 0) is 0 Å². The average Bonchev–Trinajstić information content (AvgIpc) is 2.58. The molecule has 1 aliphatic heterocycles. The van der Waals surface area contributed by atoms with E-state index in [1.54, 1.807) is 0 Å². The standard InChI is InChI=1S/C11H13N/c1-9-4-6-10(7-5-9)11-3-2-8-12-11/h4-7H,2-3,8H2,1H3. The van der Waals surface area contributed by atoms with Crippen molar-refractivity contribution in [3.8, 4) is 0 Å². The van der Waals surface area contributed by atoms with E-state index in [9.17, 15) is 0 Å². The Hall–Kier alpha value is -0.820. The van der Waals surface area contributed by atoms with E-state index in [0.717, 1.165) is 13.0 Å². The van der Waals surface area contributed by atoms with Crippen LogP contribution in [0, 0.1) is 13.0 Å². The first-order valence-corrected chi connectivity index (χ1v) is 4.46. The van der Waals surface area contributed by atoms with Crippen molar-refractivity contribution in [1.29, 1.82) is 0 Å². The van der Waals surface area contributed by atoms with Gasteiger partial charge in [-0.15, -0.1) is 0 Å². The lowest BCUT2D eigenvalue weighted by molar-refractivity contribution is 0.838. The van der Waals surface area contributed by atoms with Gasteiger partial charge in [0.1, 0.15) is 0 Å². The fraction of sp³-hybridized carbons (Fsp3) is 0.364. The lowest BCUT2D eigenvalue weighted by Crippen LogP contribution is -2.05. The number of aryl methyl sites for hydroxylation is 1. The van der Waals surface area contributed by atoms with Gasteiger partial charge in [0.15, 0.2) is 0 Å². The zero-order valence-electron chi connectivity index (χ0n) is 7.38. The van der Waals surface area contributed by atoms with Crippen LogP contribution in [0.25, 0.3) is 0 Å². The molecule has 0 spiro atoms. The minimum absolute atomic E-state index is 1.02. The Bertz CT molecular complexity index is 244. The van der Waals surface area contributed by atoms with Crippen molar-refractivity contribution < 1.29 is 0 Å². The van der Waals surface area contributed by atoms with Gasteiger partial charge in [0.25, 0.3) is 0 Å². The first kappa shape index (κ1) is 7.81. The summed E-state index contributed by atoms with van der Waals surface area (Å²) >= 11 is 0. The highest BCUT2D eigenvalue weighted by molar-refractivity contribution is 5.32. The molecule has 2 radical (unpaired) electrons. The van der Waals surface area contributed by atoms with Crippen LogP contribution >= 0.6 is 0 Å². The van der Waals surface area contributed by atoms with Gasteiger partial charge in [-0.05, 0) is 25.3 Å². The van der Waals surface area contributed by atoms with Crippen LogP contribution in [0.4, 0.5) is 0 Å². The Kier molecular flexibility index (Phi) is 2.13. The third kappa shape index (κ3) is 1.51. The molecule has 0 N–H and O–H groups in total. The summed E-state index contributed by atoms with van der Waals surface area (Å²) in [5, 5.41) is 4.45. The molecule has 1 aromatic carbocycles. The largest absolute Gasteiger partial charge is 0.228 e. The number of nitrogens with zero attached hydrogens (tertiary/aromatic N) is 1. The topological polar surface area (TPSA) is 14.1 Å². The van der Waals surface area contributed by atoms with Crippen molar-refractivity contribution in [3.05, 3.63) is 41.4 Å². The maximum absolute atomic E-state index is 4.45. The van der Waals surface area contributed by atoms with Crippen molar-refractivity contribution in [2.75, 3.05) is 6.54 Å². The monoisotopic (exact) mass is 159 g/mol. The van der Waals surface area contributed by atoms with Crippen LogP contribution < -0.4 is 5.32 Å². The molecule has 1 fully saturated rings. The predicted molar refractivity (Wildman–Crippen MR) is 49.8 cm³/mol. The third-order valence-corrected chi connectivity index (χ3v) is 2.26. The average molecular weight is 159 g/mol. The first-order chi connectivity index (χ1) is 5.86. The molecule has 1 heteroatoms. The number of hydrogen-bond acceptors (Lipinski definition) is 0. The molecule has 1 nitrogen and oxygen atoms in total. The molecule has 1 saturated heterocycles. The van der Waals surface area contributed by atoms with E-state index in [1.807, 2.05) is 0 Å². The van der Waals surface area contributed by atoms with Gasteiger partial charge in [-0.1, -0.05) is 29.8 Å². The SMILES string of the molecule is Cc1ccc([C]2CCC[N]2)cc1. The Morgan fingerprint density at radius 1 is 1.17 bits per heavy atom. The van der Waals surface area contributed by atoms with Gasteiger partial charge in [0.2, 0.25) is 0 Å². The van der Waals surface area contributed by atoms with Gasteiger partial charge in [0.05, 0.1) is 6.04 Å². The molecule has 0 amide bonds. The zero-order valence-corrected chi connectivity index (χ0v) is 7.38. The number of benzene rings is 1. The molecule has 2 rings (SSSR count). The summed E-state index contributed by atoms with van der Waals surface area (Å²) in [6.45, 7) is 3.13. The Labute approximate surface area is 73.8 Å². The molecule has 0 atom stereocenters. The summed E-state index contributed by atoms with van der Waals surface area (Å²) < 4.78 is 0. The number of rotatable bonds is 1. The summed E-state index contributed by atoms with van der Waals surface area (Å²) in [5.41, 5.74) is 2.62. The lowest BCUT2D eigenvalue weighted by Gasteiger charge is -2.07. The molecule has 1 heterocycles. The highest BCUT2D eigenvalue weighted by Gasteiger charge is 2.17. The van der Waals surface area contributed by atoms with Crippen molar-refractivity contribution >= 4 is 0 Å². The molecule has 1 aromatic rings. The van der Waals surface area contributed by atoms with E-state index in [4.69, 9.17) is 0 Å². The Morgan fingerprint density at radius 2 is 1.92 bits per heavy atom. The van der Waals surface area contributed by atoms with Crippen LogP contribution in [0.5, 0.6) is 0 Å². The molecular weight excluding hydrogens is 146 g/mol. The second-order valence-electron chi connectivity index (χ2n) is 3.30. The van der Waals surface area contributed by atoms with Crippen molar-refractivity contribution in [1.82, 2.24) is 5.32 Å². The minimum Gasteiger partial charge on any atom is -0.228 e. The van der Waals surface area contributed by atoms with Gasteiger partial charge in [-0.2, -0.15) is 0 Å². The molecule has 0 bridgehead atoms. The van der Waals surface area contributed by atoms with Gasteiger partial charge < -0.3 is 0 Å². The second-order valence-corrected chi connectivity index (χ2v) is 3.30. The zero-order chi connectivity index (χ0) is 8.39. The summed E-state index contributed by atoms with van der Waals surface area (Å²) in [4.78, 5) is 0. The molecular formula is C11H13N. The first-order valence-electron chi connectivity index (χ1n) is 4.46. The smallest absolute Gasteiger partial charge is 0.0843 e. The maximum Gasteiger partial charge on any atom is 0.0843 e. The predicted octanol–water partition coefficient (Wildman–Crippen LogP) is 2.27. The highest BCUT2D eigenvalue weighted by Crippen LogP contribution is 2.23. The van der Waals surface area contributed by atoms with Gasteiger partial charge in [-0.25, -0.2) is 5.32 Å². The normalized spacial score (nSPS) is 18.4. The molecule has 0 unspecified atom stereocenters. The van der Waals surface area contributed by atoms with E-state index in [0.29, 0.717) is 0 Å². The summed E-state index contributed by atoms with van der Waals surface area (Å²) in [5.74, 6) is 0.